The van der Waals surface area contributed by atoms with Crippen molar-refractivity contribution in [2.45, 2.75) is 26.2 Å². The van der Waals surface area contributed by atoms with Crippen LogP contribution in [0.15, 0.2) is 48.5 Å². The number of nitrogens with one attached hydrogen (secondary N) is 1. The van der Waals surface area contributed by atoms with Crippen LogP contribution in [-0.2, 0) is 11.2 Å². The lowest BCUT2D eigenvalue weighted by Gasteiger charge is -2.09. The average Bonchev–Trinajstić information content (AvgIpc) is 2.59. The molecule has 0 saturated carbocycles. The van der Waals surface area contributed by atoms with Crippen LogP contribution >= 0.6 is 0 Å². The summed E-state index contributed by atoms with van der Waals surface area (Å²) in [5.74, 6) is 1.77. The number of hydrogen-bond acceptors (Lipinski definition) is 3. The zero-order valence-corrected chi connectivity index (χ0v) is 14.4. The predicted octanol–water partition coefficient (Wildman–Crippen LogP) is 3.52. The van der Waals surface area contributed by atoms with Gasteiger partial charge in [0.2, 0.25) is 5.91 Å². The number of carbonyl (C=O) groups excluding carboxylic acids is 1. The van der Waals surface area contributed by atoms with E-state index in [0.29, 0.717) is 26.0 Å². The van der Waals surface area contributed by atoms with Crippen LogP contribution in [0.1, 0.15) is 24.0 Å². The van der Waals surface area contributed by atoms with Crippen molar-refractivity contribution in [3.63, 3.8) is 0 Å². The number of hydrogen-bond donors (Lipinski definition) is 1. The van der Waals surface area contributed by atoms with Crippen molar-refractivity contribution in [2.24, 2.45) is 0 Å². The molecule has 0 heterocycles. The Morgan fingerprint density at radius 1 is 1.12 bits per heavy atom. The van der Waals surface area contributed by atoms with Crippen LogP contribution in [-0.4, -0.2) is 26.2 Å². The first-order valence-corrected chi connectivity index (χ1v) is 8.27. The summed E-state index contributed by atoms with van der Waals surface area (Å²) in [6.07, 6.45) is 1.93. The van der Waals surface area contributed by atoms with Crippen molar-refractivity contribution in [3.05, 3.63) is 59.7 Å². The summed E-state index contributed by atoms with van der Waals surface area (Å²) in [6, 6.07) is 15.8. The van der Waals surface area contributed by atoms with E-state index < -0.39 is 0 Å². The Hall–Kier alpha value is -2.49. The SMILES string of the molecule is COc1ccccc1CCNC(=O)CCCOc1cccc(C)c1. The van der Waals surface area contributed by atoms with Crippen molar-refractivity contribution >= 4 is 5.91 Å². The maximum Gasteiger partial charge on any atom is 0.220 e. The minimum Gasteiger partial charge on any atom is -0.496 e. The number of ether oxygens (including phenoxy) is 2. The van der Waals surface area contributed by atoms with Crippen molar-refractivity contribution in [1.29, 1.82) is 0 Å². The van der Waals surface area contributed by atoms with E-state index in [1.165, 1.54) is 5.56 Å². The molecule has 0 aromatic heterocycles. The molecule has 4 nitrogen and oxygen atoms in total. The Labute approximate surface area is 143 Å². The quantitative estimate of drug-likeness (QED) is 0.717. The highest BCUT2D eigenvalue weighted by Gasteiger charge is 2.04. The van der Waals surface area contributed by atoms with Crippen molar-refractivity contribution in [3.8, 4) is 11.5 Å². The predicted molar refractivity (Wildman–Crippen MR) is 95.6 cm³/mol. The fourth-order valence-corrected chi connectivity index (χ4v) is 2.46. The zero-order valence-electron chi connectivity index (χ0n) is 14.4. The van der Waals surface area contributed by atoms with Gasteiger partial charge in [-0.05, 0) is 49.1 Å². The Balaban J connectivity index is 1.61. The van der Waals surface area contributed by atoms with Crippen molar-refractivity contribution in [1.82, 2.24) is 5.32 Å². The van der Waals surface area contributed by atoms with E-state index in [4.69, 9.17) is 9.47 Å². The van der Waals surface area contributed by atoms with Crippen molar-refractivity contribution in [2.75, 3.05) is 20.3 Å². The highest BCUT2D eigenvalue weighted by Crippen LogP contribution is 2.17. The molecule has 24 heavy (non-hydrogen) atoms. The van der Waals surface area contributed by atoms with Crippen LogP contribution in [0, 0.1) is 6.92 Å². The molecular weight excluding hydrogens is 302 g/mol. The monoisotopic (exact) mass is 327 g/mol. The molecule has 2 aromatic rings. The van der Waals surface area contributed by atoms with Gasteiger partial charge in [0.05, 0.1) is 13.7 Å². The number of methoxy groups -OCH3 is 1. The summed E-state index contributed by atoms with van der Waals surface area (Å²) >= 11 is 0. The van der Waals surface area contributed by atoms with Crippen molar-refractivity contribution < 1.29 is 14.3 Å². The van der Waals surface area contributed by atoms with Gasteiger partial charge in [-0.1, -0.05) is 30.3 Å². The first-order chi connectivity index (χ1) is 11.7. The van der Waals surface area contributed by atoms with E-state index in [1.807, 2.05) is 55.5 Å². The molecular formula is C20H25NO3. The maximum atomic E-state index is 11.9. The molecule has 0 spiro atoms. The smallest absolute Gasteiger partial charge is 0.220 e. The molecule has 0 fully saturated rings. The van der Waals surface area contributed by atoms with Crippen LogP contribution in [0.3, 0.4) is 0 Å². The molecule has 0 radical (unpaired) electrons. The second-order valence-corrected chi connectivity index (χ2v) is 5.68. The molecule has 1 amide bonds. The van der Waals surface area contributed by atoms with Gasteiger partial charge < -0.3 is 14.8 Å². The fraction of sp³-hybridized carbons (Fsp3) is 0.350. The first-order valence-electron chi connectivity index (χ1n) is 8.27. The Kier molecular flexibility index (Phi) is 7.15. The summed E-state index contributed by atoms with van der Waals surface area (Å²) in [5.41, 5.74) is 2.27. The number of benzene rings is 2. The van der Waals surface area contributed by atoms with Gasteiger partial charge in [0.25, 0.3) is 0 Å². The minimum atomic E-state index is 0.0535. The van der Waals surface area contributed by atoms with Gasteiger partial charge in [-0.25, -0.2) is 0 Å². The normalized spacial score (nSPS) is 10.2. The third-order valence-electron chi connectivity index (χ3n) is 3.72. The van der Waals surface area contributed by atoms with Gasteiger partial charge in [0.1, 0.15) is 11.5 Å². The minimum absolute atomic E-state index is 0.0535. The molecule has 0 saturated heterocycles. The molecule has 2 rings (SSSR count). The van der Waals surface area contributed by atoms with E-state index in [1.54, 1.807) is 7.11 Å². The van der Waals surface area contributed by atoms with Crippen LogP contribution in [0.25, 0.3) is 0 Å². The Bertz CT molecular complexity index is 655. The van der Waals surface area contributed by atoms with Gasteiger partial charge >= 0.3 is 0 Å². The number of rotatable bonds is 9. The molecule has 0 bridgehead atoms. The molecule has 0 unspecified atom stereocenters. The number of para-hydroxylation sites is 1. The Morgan fingerprint density at radius 2 is 1.96 bits per heavy atom. The van der Waals surface area contributed by atoms with Crippen LogP contribution in [0.2, 0.25) is 0 Å². The Morgan fingerprint density at radius 3 is 2.75 bits per heavy atom. The summed E-state index contributed by atoms with van der Waals surface area (Å²) < 4.78 is 10.9. The van der Waals surface area contributed by atoms with E-state index in [-0.39, 0.29) is 5.91 Å². The first kappa shape index (κ1) is 17.9. The van der Waals surface area contributed by atoms with Gasteiger partial charge in [-0.15, -0.1) is 0 Å². The lowest BCUT2D eigenvalue weighted by molar-refractivity contribution is -0.121. The maximum absolute atomic E-state index is 11.9. The molecule has 0 aliphatic heterocycles. The van der Waals surface area contributed by atoms with Crippen LogP contribution < -0.4 is 14.8 Å². The summed E-state index contributed by atoms with van der Waals surface area (Å²) in [6.45, 7) is 3.18. The third-order valence-corrected chi connectivity index (χ3v) is 3.72. The standard InChI is InChI=1S/C20H25NO3/c1-16-7-5-9-18(15-16)24-14-6-11-20(22)21-13-12-17-8-3-4-10-19(17)23-2/h3-5,7-10,15H,6,11-14H2,1-2H3,(H,21,22). The zero-order chi connectivity index (χ0) is 17.2. The average molecular weight is 327 g/mol. The number of aryl methyl sites for hydroxylation is 1. The van der Waals surface area contributed by atoms with E-state index in [0.717, 1.165) is 23.5 Å². The largest absolute Gasteiger partial charge is 0.496 e. The molecule has 0 aliphatic rings. The molecule has 128 valence electrons. The molecule has 2 aromatic carbocycles. The second-order valence-electron chi connectivity index (χ2n) is 5.68. The highest BCUT2D eigenvalue weighted by molar-refractivity contribution is 5.75. The van der Waals surface area contributed by atoms with Gasteiger partial charge in [-0.3, -0.25) is 4.79 Å². The highest BCUT2D eigenvalue weighted by atomic mass is 16.5. The summed E-state index contributed by atoms with van der Waals surface area (Å²) in [5, 5.41) is 2.94. The summed E-state index contributed by atoms with van der Waals surface area (Å²) in [4.78, 5) is 11.9. The molecule has 1 N–H and O–H groups in total. The van der Waals surface area contributed by atoms with Gasteiger partial charge in [0.15, 0.2) is 0 Å². The van der Waals surface area contributed by atoms with Gasteiger partial charge in [-0.2, -0.15) is 0 Å². The lowest BCUT2D eigenvalue weighted by atomic mass is 10.1. The van der Waals surface area contributed by atoms with E-state index in [2.05, 4.69) is 5.32 Å². The fourth-order valence-electron chi connectivity index (χ4n) is 2.46. The topological polar surface area (TPSA) is 47.6 Å². The number of carbonyl (C=O) groups is 1. The number of amides is 1. The molecule has 4 heteroatoms. The molecule has 0 aliphatic carbocycles. The lowest BCUT2D eigenvalue weighted by Crippen LogP contribution is -2.25. The van der Waals surface area contributed by atoms with E-state index in [9.17, 15) is 4.79 Å². The molecule has 0 atom stereocenters. The summed E-state index contributed by atoms with van der Waals surface area (Å²) in [7, 11) is 1.66. The van der Waals surface area contributed by atoms with Crippen LogP contribution in [0.4, 0.5) is 0 Å². The third kappa shape index (κ3) is 5.95. The van der Waals surface area contributed by atoms with Gasteiger partial charge in [0, 0.05) is 13.0 Å². The second kappa shape index (κ2) is 9.60. The van der Waals surface area contributed by atoms with Crippen LogP contribution in [0.5, 0.6) is 11.5 Å². The van der Waals surface area contributed by atoms with E-state index >= 15 is 0 Å².